The van der Waals surface area contributed by atoms with Crippen molar-refractivity contribution in [2.75, 3.05) is 6.61 Å². The first-order chi connectivity index (χ1) is 9.08. The Bertz CT molecular complexity index is 561. The third-order valence-corrected chi connectivity index (χ3v) is 2.52. The molecule has 0 spiro atoms. The maximum absolute atomic E-state index is 11.7. The van der Waals surface area contributed by atoms with Gasteiger partial charge in [-0.2, -0.15) is 5.10 Å². The smallest absolute Gasteiger partial charge is 0.273 e. The number of nitrogens with one attached hydrogen (secondary N) is 1. The van der Waals surface area contributed by atoms with E-state index in [1.807, 2.05) is 13.1 Å². The topological polar surface area (TPSA) is 93.2 Å². The number of amides is 1. The van der Waals surface area contributed by atoms with Crippen molar-refractivity contribution >= 4 is 5.91 Å². The van der Waals surface area contributed by atoms with Crippen LogP contribution in [0.2, 0.25) is 0 Å². The van der Waals surface area contributed by atoms with Crippen LogP contribution in [0.3, 0.4) is 0 Å². The summed E-state index contributed by atoms with van der Waals surface area (Å²) in [7, 11) is 0. The zero-order chi connectivity index (χ0) is 13.8. The van der Waals surface area contributed by atoms with Crippen LogP contribution in [0, 0.1) is 6.92 Å². The van der Waals surface area contributed by atoms with E-state index < -0.39 is 0 Å². The molecule has 1 atom stereocenters. The van der Waals surface area contributed by atoms with Crippen molar-refractivity contribution in [1.29, 1.82) is 0 Å². The highest BCUT2D eigenvalue weighted by molar-refractivity contribution is 5.92. The number of aryl methyl sites for hydroxylation is 1. The molecule has 2 N–H and O–H groups in total. The highest BCUT2D eigenvalue weighted by Crippen LogP contribution is 2.06. The Labute approximate surface area is 110 Å². The van der Waals surface area contributed by atoms with E-state index in [0.29, 0.717) is 12.3 Å². The number of aromatic nitrogens is 3. The lowest BCUT2D eigenvalue weighted by Crippen LogP contribution is -2.35. The minimum Gasteiger partial charge on any atom is -0.394 e. The van der Waals surface area contributed by atoms with Crippen molar-refractivity contribution < 1.29 is 14.4 Å². The summed E-state index contributed by atoms with van der Waals surface area (Å²) in [5, 5.41) is 19.3. The summed E-state index contributed by atoms with van der Waals surface area (Å²) in [5.41, 5.74) is 1.24. The van der Waals surface area contributed by atoms with Gasteiger partial charge >= 0.3 is 0 Å². The predicted molar refractivity (Wildman–Crippen MR) is 66.6 cm³/mol. The molecule has 0 aliphatic heterocycles. The van der Waals surface area contributed by atoms with Gasteiger partial charge in [0.1, 0.15) is 6.54 Å². The van der Waals surface area contributed by atoms with Crippen LogP contribution >= 0.6 is 0 Å². The van der Waals surface area contributed by atoms with Gasteiger partial charge in [0.15, 0.2) is 11.5 Å². The van der Waals surface area contributed by atoms with E-state index in [4.69, 9.17) is 9.63 Å². The van der Waals surface area contributed by atoms with Gasteiger partial charge in [-0.15, -0.1) is 0 Å². The number of nitrogens with zero attached hydrogens (tertiary/aromatic N) is 3. The third kappa shape index (κ3) is 3.41. The van der Waals surface area contributed by atoms with Gasteiger partial charge in [0.05, 0.1) is 12.8 Å². The van der Waals surface area contributed by atoms with Crippen LogP contribution in [-0.4, -0.2) is 38.6 Å². The van der Waals surface area contributed by atoms with Gasteiger partial charge in [-0.3, -0.25) is 9.48 Å². The van der Waals surface area contributed by atoms with Gasteiger partial charge in [0, 0.05) is 18.3 Å². The van der Waals surface area contributed by atoms with Crippen LogP contribution in [0.15, 0.2) is 23.0 Å². The number of aliphatic hydroxyl groups is 1. The molecule has 7 nitrogen and oxygen atoms in total. The number of hydrogen-bond acceptors (Lipinski definition) is 5. The summed E-state index contributed by atoms with van der Waals surface area (Å²) >= 11 is 0. The zero-order valence-electron chi connectivity index (χ0n) is 10.8. The molecule has 19 heavy (non-hydrogen) atoms. The van der Waals surface area contributed by atoms with Crippen molar-refractivity contribution in [2.24, 2.45) is 0 Å². The summed E-state index contributed by atoms with van der Waals surface area (Å²) in [6.45, 7) is 3.94. The van der Waals surface area contributed by atoms with E-state index in [2.05, 4.69) is 15.6 Å². The Morgan fingerprint density at radius 2 is 2.42 bits per heavy atom. The molecule has 1 amide bonds. The largest absolute Gasteiger partial charge is 0.394 e. The molecule has 2 aromatic rings. The molecule has 0 aromatic carbocycles. The molecule has 2 heterocycles. The van der Waals surface area contributed by atoms with Gasteiger partial charge in [-0.25, -0.2) is 0 Å². The summed E-state index contributed by atoms with van der Waals surface area (Å²) in [5.74, 6) is 0.179. The number of carbonyl (C=O) groups is 1. The average molecular weight is 264 g/mol. The molecule has 0 radical (unpaired) electrons. The van der Waals surface area contributed by atoms with Crippen LogP contribution < -0.4 is 5.32 Å². The molecular weight excluding hydrogens is 248 g/mol. The van der Waals surface area contributed by atoms with E-state index >= 15 is 0 Å². The molecule has 0 saturated carbocycles. The molecule has 0 aliphatic carbocycles. The lowest BCUT2D eigenvalue weighted by Gasteiger charge is -2.07. The highest BCUT2D eigenvalue weighted by atomic mass is 16.5. The summed E-state index contributed by atoms with van der Waals surface area (Å²) in [4.78, 5) is 11.7. The van der Waals surface area contributed by atoms with Crippen molar-refractivity contribution in [3.63, 3.8) is 0 Å². The molecule has 0 bridgehead atoms. The van der Waals surface area contributed by atoms with Crippen LogP contribution in [0.5, 0.6) is 0 Å². The van der Waals surface area contributed by atoms with Crippen LogP contribution in [-0.2, 0) is 6.54 Å². The Morgan fingerprint density at radius 3 is 3.05 bits per heavy atom. The second-order valence-electron chi connectivity index (χ2n) is 4.45. The lowest BCUT2D eigenvalue weighted by molar-refractivity contribution is 0.0913. The van der Waals surface area contributed by atoms with Crippen molar-refractivity contribution in [2.45, 2.75) is 26.4 Å². The number of rotatable bonds is 5. The fourth-order valence-corrected chi connectivity index (χ4v) is 1.55. The minimum atomic E-state index is -0.367. The standard InChI is InChI=1S/C12H16N4O3/c1-8-4-13-16(5-8)6-10-3-11(15-19-10)12(18)14-9(2)7-17/h3-5,9,17H,6-7H2,1-2H3,(H,14,18). The zero-order valence-corrected chi connectivity index (χ0v) is 10.8. The van der Waals surface area contributed by atoms with Gasteiger partial charge in [0.25, 0.3) is 5.91 Å². The molecule has 2 aromatic heterocycles. The van der Waals surface area contributed by atoms with Gasteiger partial charge in [-0.1, -0.05) is 5.16 Å². The Balaban J connectivity index is 2.00. The van der Waals surface area contributed by atoms with Gasteiger partial charge in [-0.05, 0) is 19.4 Å². The number of aliphatic hydroxyl groups excluding tert-OH is 1. The molecule has 0 aliphatic rings. The van der Waals surface area contributed by atoms with Crippen molar-refractivity contribution in [1.82, 2.24) is 20.3 Å². The molecule has 102 valence electrons. The highest BCUT2D eigenvalue weighted by Gasteiger charge is 2.14. The third-order valence-electron chi connectivity index (χ3n) is 2.52. The van der Waals surface area contributed by atoms with Crippen LogP contribution in [0.4, 0.5) is 0 Å². The summed E-state index contributed by atoms with van der Waals surface area (Å²) < 4.78 is 6.78. The number of carbonyl (C=O) groups excluding carboxylic acids is 1. The maximum Gasteiger partial charge on any atom is 0.273 e. The quantitative estimate of drug-likeness (QED) is 0.812. The fourth-order valence-electron chi connectivity index (χ4n) is 1.55. The summed E-state index contributed by atoms with van der Waals surface area (Å²) in [6, 6.07) is 1.25. The molecular formula is C12H16N4O3. The van der Waals surface area contributed by atoms with E-state index in [0.717, 1.165) is 5.56 Å². The van der Waals surface area contributed by atoms with E-state index in [1.165, 1.54) is 0 Å². The van der Waals surface area contributed by atoms with Crippen LogP contribution in [0.25, 0.3) is 0 Å². The number of hydrogen-bond donors (Lipinski definition) is 2. The second-order valence-corrected chi connectivity index (χ2v) is 4.45. The predicted octanol–water partition coefficient (Wildman–Crippen LogP) is 0.338. The molecule has 7 heteroatoms. The first kappa shape index (κ1) is 13.3. The van der Waals surface area contributed by atoms with Crippen LogP contribution in [0.1, 0.15) is 28.7 Å². The Morgan fingerprint density at radius 1 is 1.63 bits per heavy atom. The first-order valence-corrected chi connectivity index (χ1v) is 5.95. The fraction of sp³-hybridized carbons (Fsp3) is 0.417. The monoisotopic (exact) mass is 264 g/mol. The summed E-state index contributed by atoms with van der Waals surface area (Å²) in [6.07, 6.45) is 3.61. The SMILES string of the molecule is Cc1cnn(Cc2cc(C(=O)NC(C)CO)no2)c1. The van der Waals surface area contributed by atoms with Gasteiger partial charge < -0.3 is 14.9 Å². The average Bonchev–Trinajstić information content (AvgIpc) is 2.99. The van der Waals surface area contributed by atoms with Gasteiger partial charge in [0.2, 0.25) is 0 Å². The van der Waals surface area contributed by atoms with E-state index in [9.17, 15) is 4.79 Å². The maximum atomic E-state index is 11.7. The first-order valence-electron chi connectivity index (χ1n) is 5.95. The molecule has 0 fully saturated rings. The molecule has 2 rings (SSSR count). The Hall–Kier alpha value is -2.15. The molecule has 0 saturated heterocycles. The van der Waals surface area contributed by atoms with E-state index in [1.54, 1.807) is 23.9 Å². The van der Waals surface area contributed by atoms with Crippen molar-refractivity contribution in [3.05, 3.63) is 35.5 Å². The normalized spacial score (nSPS) is 12.4. The Kier molecular flexibility index (Phi) is 3.96. The van der Waals surface area contributed by atoms with E-state index in [-0.39, 0.29) is 24.2 Å². The van der Waals surface area contributed by atoms with Crippen molar-refractivity contribution in [3.8, 4) is 0 Å². The second kappa shape index (κ2) is 5.66. The lowest BCUT2D eigenvalue weighted by atomic mass is 10.3. The molecule has 1 unspecified atom stereocenters. The minimum absolute atomic E-state index is 0.122.